The highest BCUT2D eigenvalue weighted by atomic mass is 35.5. The Balaban J connectivity index is 2.11. The first-order chi connectivity index (χ1) is 8.15. The quantitative estimate of drug-likeness (QED) is 0.753. The molecule has 0 aromatic heterocycles. The molecule has 0 saturated carbocycles. The second-order valence-corrected chi connectivity index (χ2v) is 4.17. The first-order valence-corrected chi connectivity index (χ1v) is 5.56. The number of rotatable bonds is 3. The lowest BCUT2D eigenvalue weighted by Crippen LogP contribution is -2.03. The molecule has 0 fully saturated rings. The molecule has 17 heavy (non-hydrogen) atoms. The van der Waals surface area contributed by atoms with Crippen molar-refractivity contribution in [3.8, 4) is 0 Å². The summed E-state index contributed by atoms with van der Waals surface area (Å²) in [5.74, 6) is -0.305. The van der Waals surface area contributed by atoms with Gasteiger partial charge in [-0.25, -0.2) is 4.39 Å². The number of carbonyl (C=O) groups is 1. The van der Waals surface area contributed by atoms with Crippen molar-refractivity contribution in [3.05, 3.63) is 70.5 Å². The number of carbonyl (C=O) groups excluding carboxylic acids is 1. The van der Waals surface area contributed by atoms with Crippen molar-refractivity contribution in [2.45, 2.75) is 6.42 Å². The topological polar surface area (TPSA) is 17.1 Å². The SMILES string of the molecule is O=C(Cc1ccc(F)cc1)c1ccc(Cl)cc1. The van der Waals surface area contributed by atoms with Crippen LogP contribution in [0.3, 0.4) is 0 Å². The van der Waals surface area contributed by atoms with E-state index >= 15 is 0 Å². The van der Waals surface area contributed by atoms with Crippen LogP contribution < -0.4 is 0 Å². The normalized spacial score (nSPS) is 10.2. The van der Waals surface area contributed by atoms with Crippen molar-refractivity contribution in [1.29, 1.82) is 0 Å². The van der Waals surface area contributed by atoms with Crippen molar-refractivity contribution in [2.75, 3.05) is 0 Å². The van der Waals surface area contributed by atoms with Crippen molar-refractivity contribution in [1.82, 2.24) is 0 Å². The predicted octanol–water partition coefficient (Wildman–Crippen LogP) is 3.90. The van der Waals surface area contributed by atoms with Crippen LogP contribution in [-0.2, 0) is 6.42 Å². The standard InChI is InChI=1S/C14H10ClFO/c15-12-5-3-11(4-6-12)14(17)9-10-1-7-13(16)8-2-10/h1-8H,9H2. The van der Waals surface area contributed by atoms with Crippen LogP contribution in [0.1, 0.15) is 15.9 Å². The minimum absolute atomic E-state index is 0.00623. The molecule has 0 bridgehead atoms. The molecule has 0 radical (unpaired) electrons. The number of Topliss-reactive ketones (excluding diaryl/α,β-unsaturated/α-hetero) is 1. The van der Waals surface area contributed by atoms with Crippen LogP contribution >= 0.6 is 11.6 Å². The maximum atomic E-state index is 12.7. The van der Waals surface area contributed by atoms with Crippen LogP contribution in [-0.4, -0.2) is 5.78 Å². The van der Waals surface area contributed by atoms with Gasteiger partial charge in [0.1, 0.15) is 5.82 Å². The minimum atomic E-state index is -0.298. The van der Waals surface area contributed by atoms with E-state index in [0.29, 0.717) is 10.6 Å². The number of hydrogen-bond donors (Lipinski definition) is 0. The summed E-state index contributed by atoms with van der Waals surface area (Å²) in [6.07, 6.45) is 0.266. The van der Waals surface area contributed by atoms with Gasteiger partial charge < -0.3 is 0 Å². The number of benzene rings is 2. The molecule has 86 valence electrons. The Bertz CT molecular complexity index is 517. The van der Waals surface area contributed by atoms with Crippen LogP contribution in [0.5, 0.6) is 0 Å². The summed E-state index contributed by atoms with van der Waals surface area (Å²) in [5.41, 5.74) is 1.41. The van der Waals surface area contributed by atoms with E-state index in [9.17, 15) is 9.18 Å². The highest BCUT2D eigenvalue weighted by Gasteiger charge is 2.06. The van der Waals surface area contributed by atoms with Gasteiger partial charge in [0.2, 0.25) is 0 Å². The van der Waals surface area contributed by atoms with E-state index in [0.717, 1.165) is 5.56 Å². The van der Waals surface area contributed by atoms with Gasteiger partial charge in [-0.3, -0.25) is 4.79 Å². The zero-order chi connectivity index (χ0) is 12.3. The average Bonchev–Trinajstić information content (AvgIpc) is 2.33. The molecule has 2 rings (SSSR count). The van der Waals surface area contributed by atoms with Gasteiger partial charge in [0.05, 0.1) is 0 Å². The van der Waals surface area contributed by atoms with Crippen molar-refractivity contribution in [2.24, 2.45) is 0 Å². The van der Waals surface area contributed by atoms with Gasteiger partial charge >= 0.3 is 0 Å². The second-order valence-electron chi connectivity index (χ2n) is 3.73. The molecule has 0 N–H and O–H groups in total. The molecular formula is C14H10ClFO. The number of hydrogen-bond acceptors (Lipinski definition) is 1. The summed E-state index contributed by atoms with van der Waals surface area (Å²) < 4.78 is 12.7. The van der Waals surface area contributed by atoms with E-state index in [1.54, 1.807) is 36.4 Å². The molecular weight excluding hydrogens is 239 g/mol. The van der Waals surface area contributed by atoms with E-state index < -0.39 is 0 Å². The Morgan fingerprint density at radius 2 is 1.59 bits per heavy atom. The Hall–Kier alpha value is -1.67. The molecule has 0 aliphatic rings. The average molecular weight is 249 g/mol. The fourth-order valence-corrected chi connectivity index (χ4v) is 1.65. The lowest BCUT2D eigenvalue weighted by Gasteiger charge is -2.01. The summed E-state index contributed by atoms with van der Waals surface area (Å²) >= 11 is 5.74. The van der Waals surface area contributed by atoms with Gasteiger partial charge in [-0.15, -0.1) is 0 Å². The molecule has 2 aromatic carbocycles. The first kappa shape index (κ1) is 11.8. The monoisotopic (exact) mass is 248 g/mol. The van der Waals surface area contributed by atoms with E-state index in [-0.39, 0.29) is 18.0 Å². The Labute approximate surface area is 104 Å². The smallest absolute Gasteiger partial charge is 0.167 e. The van der Waals surface area contributed by atoms with Crippen LogP contribution in [0.4, 0.5) is 4.39 Å². The van der Waals surface area contributed by atoms with Gasteiger partial charge in [0.25, 0.3) is 0 Å². The van der Waals surface area contributed by atoms with Crippen LogP contribution in [0, 0.1) is 5.82 Å². The number of ketones is 1. The minimum Gasteiger partial charge on any atom is -0.294 e. The maximum Gasteiger partial charge on any atom is 0.167 e. The summed E-state index contributed by atoms with van der Waals surface area (Å²) in [6.45, 7) is 0. The van der Waals surface area contributed by atoms with E-state index in [4.69, 9.17) is 11.6 Å². The molecule has 0 unspecified atom stereocenters. The van der Waals surface area contributed by atoms with Crippen LogP contribution in [0.2, 0.25) is 5.02 Å². The molecule has 0 saturated heterocycles. The van der Waals surface area contributed by atoms with Crippen LogP contribution in [0.25, 0.3) is 0 Å². The Kier molecular flexibility index (Phi) is 3.55. The summed E-state index contributed by atoms with van der Waals surface area (Å²) in [6, 6.07) is 12.7. The molecule has 0 amide bonds. The van der Waals surface area contributed by atoms with Gasteiger partial charge in [0.15, 0.2) is 5.78 Å². The molecule has 2 aromatic rings. The molecule has 0 aliphatic heterocycles. The third-order valence-corrected chi connectivity index (χ3v) is 2.70. The molecule has 0 aliphatic carbocycles. The Morgan fingerprint density at radius 3 is 2.18 bits per heavy atom. The molecule has 3 heteroatoms. The predicted molar refractivity (Wildman–Crippen MR) is 65.9 cm³/mol. The molecule has 0 spiro atoms. The number of halogens is 2. The van der Waals surface area contributed by atoms with Crippen molar-refractivity contribution >= 4 is 17.4 Å². The summed E-state index contributed by atoms with van der Waals surface area (Å²) in [4.78, 5) is 11.9. The first-order valence-electron chi connectivity index (χ1n) is 5.18. The van der Waals surface area contributed by atoms with Gasteiger partial charge in [0, 0.05) is 17.0 Å². The Morgan fingerprint density at radius 1 is 1.00 bits per heavy atom. The summed E-state index contributed by atoms with van der Waals surface area (Å²) in [5, 5.41) is 0.600. The third-order valence-electron chi connectivity index (χ3n) is 2.44. The van der Waals surface area contributed by atoms with Crippen molar-refractivity contribution in [3.63, 3.8) is 0 Å². The lowest BCUT2D eigenvalue weighted by molar-refractivity contribution is 0.0993. The fraction of sp³-hybridized carbons (Fsp3) is 0.0714. The lowest BCUT2D eigenvalue weighted by atomic mass is 10.0. The van der Waals surface area contributed by atoms with Gasteiger partial charge in [-0.2, -0.15) is 0 Å². The fourth-order valence-electron chi connectivity index (χ4n) is 1.53. The molecule has 0 atom stereocenters. The molecule has 1 nitrogen and oxygen atoms in total. The largest absolute Gasteiger partial charge is 0.294 e. The van der Waals surface area contributed by atoms with E-state index in [2.05, 4.69) is 0 Å². The van der Waals surface area contributed by atoms with Crippen LogP contribution in [0.15, 0.2) is 48.5 Å². The second kappa shape index (κ2) is 5.11. The third kappa shape index (κ3) is 3.14. The zero-order valence-electron chi connectivity index (χ0n) is 8.99. The maximum absolute atomic E-state index is 12.7. The van der Waals surface area contributed by atoms with Gasteiger partial charge in [-0.05, 0) is 42.0 Å². The van der Waals surface area contributed by atoms with Crippen molar-refractivity contribution < 1.29 is 9.18 Å². The molecule has 0 heterocycles. The van der Waals surface area contributed by atoms with E-state index in [1.807, 2.05) is 0 Å². The highest BCUT2D eigenvalue weighted by molar-refractivity contribution is 6.30. The van der Waals surface area contributed by atoms with Gasteiger partial charge in [-0.1, -0.05) is 23.7 Å². The van der Waals surface area contributed by atoms with E-state index in [1.165, 1.54) is 12.1 Å². The zero-order valence-corrected chi connectivity index (χ0v) is 9.75. The summed E-state index contributed by atoms with van der Waals surface area (Å²) in [7, 11) is 0. The highest BCUT2D eigenvalue weighted by Crippen LogP contribution is 2.12.